The number of rotatable bonds is 3. The zero-order valence-corrected chi connectivity index (χ0v) is 11.2. The average Bonchev–Trinajstić information content (AvgIpc) is 2.31. The van der Waals surface area contributed by atoms with E-state index in [9.17, 15) is 9.59 Å². The van der Waals surface area contributed by atoms with Crippen molar-refractivity contribution in [1.82, 2.24) is 9.97 Å². The van der Waals surface area contributed by atoms with E-state index in [0.29, 0.717) is 11.6 Å². The standard InChI is InChI=1S/C11H12ClN3O4/c1-3-18-7(16)4-15-5-8(17)19-9-10(12)13-6(2)14-11(9)15/h3-5H2,1-2H3. The van der Waals surface area contributed by atoms with Gasteiger partial charge in [-0.1, -0.05) is 11.6 Å². The van der Waals surface area contributed by atoms with Gasteiger partial charge in [0.1, 0.15) is 18.9 Å². The summed E-state index contributed by atoms with van der Waals surface area (Å²) in [6, 6.07) is 0. The van der Waals surface area contributed by atoms with Crippen molar-refractivity contribution in [2.45, 2.75) is 13.8 Å². The maximum Gasteiger partial charge on any atom is 0.331 e. The Labute approximate surface area is 114 Å². The van der Waals surface area contributed by atoms with Crippen LogP contribution >= 0.6 is 11.6 Å². The number of aryl methyl sites for hydroxylation is 1. The van der Waals surface area contributed by atoms with Gasteiger partial charge in [-0.2, -0.15) is 0 Å². The molecule has 7 nitrogen and oxygen atoms in total. The fraction of sp³-hybridized carbons (Fsp3) is 0.455. The van der Waals surface area contributed by atoms with E-state index >= 15 is 0 Å². The summed E-state index contributed by atoms with van der Waals surface area (Å²) >= 11 is 5.90. The van der Waals surface area contributed by atoms with Crippen LogP contribution in [-0.4, -0.2) is 41.6 Å². The molecule has 0 aromatic carbocycles. The molecular formula is C11H12ClN3O4. The van der Waals surface area contributed by atoms with E-state index in [1.807, 2.05) is 0 Å². The minimum absolute atomic E-state index is 0.0457. The van der Waals surface area contributed by atoms with E-state index in [1.54, 1.807) is 13.8 Å². The van der Waals surface area contributed by atoms with Crippen LogP contribution in [-0.2, 0) is 14.3 Å². The molecule has 0 saturated carbocycles. The molecule has 0 saturated heterocycles. The predicted molar refractivity (Wildman–Crippen MR) is 66.3 cm³/mol. The maximum atomic E-state index is 11.5. The van der Waals surface area contributed by atoms with E-state index in [0.717, 1.165) is 0 Å². The summed E-state index contributed by atoms with van der Waals surface area (Å²) in [6.07, 6.45) is 0. The second-order valence-corrected chi connectivity index (χ2v) is 4.21. The molecule has 0 aliphatic carbocycles. The molecule has 1 aromatic heterocycles. The molecular weight excluding hydrogens is 274 g/mol. The van der Waals surface area contributed by atoms with Crippen molar-refractivity contribution in [1.29, 1.82) is 0 Å². The average molecular weight is 286 g/mol. The molecule has 102 valence electrons. The Bertz CT molecular complexity index is 535. The number of halogens is 1. The van der Waals surface area contributed by atoms with Gasteiger partial charge in [0.25, 0.3) is 0 Å². The third-order valence-corrected chi connectivity index (χ3v) is 2.63. The Morgan fingerprint density at radius 1 is 1.53 bits per heavy atom. The van der Waals surface area contributed by atoms with E-state index in [-0.39, 0.29) is 30.6 Å². The normalized spacial score (nSPS) is 13.8. The van der Waals surface area contributed by atoms with Crippen molar-refractivity contribution in [3.05, 3.63) is 11.0 Å². The summed E-state index contributed by atoms with van der Waals surface area (Å²) in [5.41, 5.74) is 0. The quantitative estimate of drug-likeness (QED) is 0.598. The van der Waals surface area contributed by atoms with Gasteiger partial charge in [0.15, 0.2) is 11.0 Å². The van der Waals surface area contributed by atoms with Gasteiger partial charge in [-0.15, -0.1) is 0 Å². The highest BCUT2D eigenvalue weighted by Crippen LogP contribution is 2.35. The Kier molecular flexibility index (Phi) is 3.84. The summed E-state index contributed by atoms with van der Waals surface area (Å²) in [5.74, 6) is -0.143. The molecule has 19 heavy (non-hydrogen) atoms. The molecule has 0 bridgehead atoms. The lowest BCUT2D eigenvalue weighted by molar-refractivity contribution is -0.141. The first-order valence-electron chi connectivity index (χ1n) is 5.66. The summed E-state index contributed by atoms with van der Waals surface area (Å²) in [6.45, 7) is 3.46. The van der Waals surface area contributed by atoms with Crippen LogP contribution in [0.15, 0.2) is 0 Å². The van der Waals surface area contributed by atoms with Gasteiger partial charge >= 0.3 is 11.9 Å². The molecule has 2 rings (SSSR count). The predicted octanol–water partition coefficient (Wildman–Crippen LogP) is 0.727. The lowest BCUT2D eigenvalue weighted by atomic mass is 10.3. The van der Waals surface area contributed by atoms with Crippen LogP contribution in [0.4, 0.5) is 5.82 Å². The maximum absolute atomic E-state index is 11.5. The molecule has 0 unspecified atom stereocenters. The van der Waals surface area contributed by atoms with Crippen LogP contribution in [0.5, 0.6) is 5.75 Å². The third kappa shape index (κ3) is 2.93. The van der Waals surface area contributed by atoms with Crippen LogP contribution in [0.3, 0.4) is 0 Å². The fourth-order valence-electron chi connectivity index (χ4n) is 1.69. The molecule has 0 N–H and O–H groups in total. The van der Waals surface area contributed by atoms with E-state index in [1.165, 1.54) is 4.90 Å². The van der Waals surface area contributed by atoms with Crippen LogP contribution in [0.25, 0.3) is 0 Å². The number of carbonyl (C=O) groups is 2. The van der Waals surface area contributed by atoms with Crippen LogP contribution in [0.1, 0.15) is 12.7 Å². The number of hydrogen-bond acceptors (Lipinski definition) is 7. The van der Waals surface area contributed by atoms with E-state index in [2.05, 4.69) is 9.97 Å². The van der Waals surface area contributed by atoms with Gasteiger partial charge < -0.3 is 14.4 Å². The second-order valence-electron chi connectivity index (χ2n) is 3.85. The summed E-state index contributed by atoms with van der Waals surface area (Å²) in [5, 5.41) is 0.0457. The summed E-state index contributed by atoms with van der Waals surface area (Å²) in [4.78, 5) is 32.5. The molecule has 2 heterocycles. The van der Waals surface area contributed by atoms with E-state index in [4.69, 9.17) is 21.1 Å². The number of fused-ring (bicyclic) bond motifs is 1. The highest BCUT2D eigenvalue weighted by molar-refractivity contribution is 6.31. The molecule has 0 spiro atoms. The summed E-state index contributed by atoms with van der Waals surface area (Å²) < 4.78 is 9.85. The molecule has 0 fully saturated rings. The van der Waals surface area contributed by atoms with Gasteiger partial charge in [-0.3, -0.25) is 4.79 Å². The lowest BCUT2D eigenvalue weighted by Gasteiger charge is -2.27. The number of esters is 2. The third-order valence-electron chi connectivity index (χ3n) is 2.38. The zero-order valence-electron chi connectivity index (χ0n) is 10.5. The molecule has 0 amide bonds. The van der Waals surface area contributed by atoms with Crippen molar-refractivity contribution in [3.8, 4) is 5.75 Å². The largest absolute Gasteiger partial charge is 0.465 e. The topological polar surface area (TPSA) is 81.6 Å². The summed E-state index contributed by atoms with van der Waals surface area (Å²) in [7, 11) is 0. The lowest BCUT2D eigenvalue weighted by Crippen LogP contribution is -2.41. The van der Waals surface area contributed by atoms with Crippen molar-refractivity contribution >= 4 is 29.4 Å². The van der Waals surface area contributed by atoms with Crippen LogP contribution in [0, 0.1) is 6.92 Å². The molecule has 8 heteroatoms. The van der Waals surface area contributed by atoms with E-state index < -0.39 is 11.9 Å². The number of aromatic nitrogens is 2. The Balaban J connectivity index is 2.32. The van der Waals surface area contributed by atoms with Gasteiger partial charge in [-0.05, 0) is 13.8 Å². The van der Waals surface area contributed by atoms with Crippen LogP contribution in [0.2, 0.25) is 5.15 Å². The Morgan fingerprint density at radius 3 is 2.95 bits per heavy atom. The highest BCUT2D eigenvalue weighted by Gasteiger charge is 2.30. The molecule has 1 aliphatic heterocycles. The number of anilines is 1. The Morgan fingerprint density at radius 2 is 2.26 bits per heavy atom. The fourth-order valence-corrected chi connectivity index (χ4v) is 1.93. The van der Waals surface area contributed by atoms with Crippen molar-refractivity contribution in [2.24, 2.45) is 0 Å². The smallest absolute Gasteiger partial charge is 0.331 e. The first-order chi connectivity index (χ1) is 9.01. The highest BCUT2D eigenvalue weighted by atomic mass is 35.5. The SMILES string of the molecule is CCOC(=O)CN1CC(=O)Oc2c(Cl)nc(C)nc21. The number of nitrogens with zero attached hydrogens (tertiary/aromatic N) is 3. The molecule has 0 radical (unpaired) electrons. The van der Waals surface area contributed by atoms with Crippen molar-refractivity contribution < 1.29 is 19.1 Å². The zero-order chi connectivity index (χ0) is 14.0. The van der Waals surface area contributed by atoms with Gasteiger partial charge in [0.2, 0.25) is 5.75 Å². The van der Waals surface area contributed by atoms with Gasteiger partial charge in [0.05, 0.1) is 6.61 Å². The minimum atomic E-state index is -0.522. The minimum Gasteiger partial charge on any atom is -0.465 e. The second kappa shape index (κ2) is 5.40. The van der Waals surface area contributed by atoms with Gasteiger partial charge in [0, 0.05) is 0 Å². The van der Waals surface area contributed by atoms with Crippen molar-refractivity contribution in [3.63, 3.8) is 0 Å². The number of carbonyl (C=O) groups excluding carboxylic acids is 2. The molecule has 0 atom stereocenters. The first-order valence-corrected chi connectivity index (χ1v) is 6.04. The first kappa shape index (κ1) is 13.5. The molecule has 1 aromatic rings. The molecule has 1 aliphatic rings. The van der Waals surface area contributed by atoms with Crippen LogP contribution < -0.4 is 9.64 Å². The Hall–Kier alpha value is -1.89. The van der Waals surface area contributed by atoms with Crippen molar-refractivity contribution in [2.75, 3.05) is 24.6 Å². The number of ether oxygens (including phenoxy) is 2. The monoisotopic (exact) mass is 285 g/mol. The number of hydrogen-bond donors (Lipinski definition) is 0. The van der Waals surface area contributed by atoms with Gasteiger partial charge in [-0.25, -0.2) is 14.8 Å².